The lowest BCUT2D eigenvalue weighted by molar-refractivity contribution is 0.180. The third-order valence-corrected chi connectivity index (χ3v) is 5.09. The van der Waals surface area contributed by atoms with Gasteiger partial charge in [0.1, 0.15) is 0 Å². The molecule has 0 aliphatic heterocycles. The highest BCUT2D eigenvalue weighted by Gasteiger charge is 2.23. The van der Waals surface area contributed by atoms with Gasteiger partial charge in [-0.25, -0.2) is 13.1 Å². The van der Waals surface area contributed by atoms with Crippen LogP contribution in [-0.4, -0.2) is 38.8 Å². The van der Waals surface area contributed by atoms with Crippen molar-refractivity contribution in [3.05, 3.63) is 18.0 Å². The van der Waals surface area contributed by atoms with Gasteiger partial charge in [-0.2, -0.15) is 0 Å². The fraction of sp³-hybridized carbons (Fsp3) is 0.714. The van der Waals surface area contributed by atoms with Crippen LogP contribution in [0, 0.1) is 0 Å². The molecule has 120 valence electrons. The molecule has 2 N–H and O–H groups in total. The number of hydrogen-bond donors (Lipinski definition) is 2. The van der Waals surface area contributed by atoms with Gasteiger partial charge in [-0.1, -0.05) is 0 Å². The summed E-state index contributed by atoms with van der Waals surface area (Å²) in [5.74, 6) is 0. The Morgan fingerprint density at radius 2 is 2.19 bits per heavy atom. The van der Waals surface area contributed by atoms with Crippen LogP contribution in [0.5, 0.6) is 0 Å². The van der Waals surface area contributed by atoms with E-state index in [1.807, 2.05) is 11.5 Å². The fourth-order valence-electron chi connectivity index (χ4n) is 2.27. The van der Waals surface area contributed by atoms with Crippen molar-refractivity contribution < 1.29 is 13.2 Å². The second-order valence-electron chi connectivity index (χ2n) is 5.59. The van der Waals surface area contributed by atoms with Crippen molar-refractivity contribution in [1.29, 1.82) is 0 Å². The van der Waals surface area contributed by atoms with E-state index in [0.29, 0.717) is 24.1 Å². The zero-order valence-corrected chi connectivity index (χ0v) is 13.7. The van der Waals surface area contributed by atoms with Gasteiger partial charge in [0.15, 0.2) is 0 Å². The first-order chi connectivity index (χ1) is 9.96. The first-order valence-corrected chi connectivity index (χ1v) is 8.88. The predicted octanol–water partition coefficient (Wildman–Crippen LogP) is 1.07. The normalized spacial score (nSPS) is 17.1. The van der Waals surface area contributed by atoms with Crippen molar-refractivity contribution in [2.24, 2.45) is 0 Å². The molecule has 21 heavy (non-hydrogen) atoms. The van der Waals surface area contributed by atoms with E-state index in [2.05, 4.69) is 10.0 Å². The lowest BCUT2D eigenvalue weighted by atomic mass is 10.4. The Kier molecular flexibility index (Phi) is 5.43. The predicted molar refractivity (Wildman–Crippen MR) is 81.6 cm³/mol. The quantitative estimate of drug-likeness (QED) is 0.715. The summed E-state index contributed by atoms with van der Waals surface area (Å²) in [6.45, 7) is 5.61. The van der Waals surface area contributed by atoms with Crippen LogP contribution < -0.4 is 10.0 Å². The first kappa shape index (κ1) is 16.5. The maximum Gasteiger partial charge on any atom is 0.242 e. The molecule has 1 aliphatic rings. The summed E-state index contributed by atoms with van der Waals surface area (Å²) in [6.07, 6.45) is 4.13. The van der Waals surface area contributed by atoms with Gasteiger partial charge in [-0.05, 0) is 32.8 Å². The van der Waals surface area contributed by atoms with Crippen LogP contribution in [0.4, 0.5) is 0 Å². The minimum absolute atomic E-state index is 0.252. The van der Waals surface area contributed by atoms with E-state index in [1.54, 1.807) is 26.3 Å². The summed E-state index contributed by atoms with van der Waals surface area (Å²) in [7, 11) is -1.94. The Morgan fingerprint density at radius 1 is 1.48 bits per heavy atom. The smallest absolute Gasteiger partial charge is 0.242 e. The topological polar surface area (TPSA) is 72.4 Å². The molecule has 1 fully saturated rings. The van der Waals surface area contributed by atoms with E-state index in [-0.39, 0.29) is 6.04 Å². The number of aromatic nitrogens is 1. The second kappa shape index (κ2) is 6.91. The molecule has 0 spiro atoms. The Hall–Kier alpha value is -0.890. The van der Waals surface area contributed by atoms with E-state index in [0.717, 1.165) is 12.2 Å². The molecule has 2 rings (SSSR count). The highest BCUT2D eigenvalue weighted by molar-refractivity contribution is 7.89. The van der Waals surface area contributed by atoms with Gasteiger partial charge in [-0.3, -0.25) is 0 Å². The Balaban J connectivity index is 2.10. The second-order valence-corrected chi connectivity index (χ2v) is 7.30. The summed E-state index contributed by atoms with van der Waals surface area (Å²) in [5, 5.41) is 3.42. The molecule has 6 nitrogen and oxygen atoms in total. The summed E-state index contributed by atoms with van der Waals surface area (Å²) < 4.78 is 34.3. The van der Waals surface area contributed by atoms with Crippen LogP contribution in [-0.2, 0) is 27.8 Å². The van der Waals surface area contributed by atoms with E-state index in [4.69, 9.17) is 4.74 Å². The monoisotopic (exact) mass is 315 g/mol. The molecular weight excluding hydrogens is 290 g/mol. The van der Waals surface area contributed by atoms with Crippen LogP contribution in [0.2, 0.25) is 0 Å². The molecule has 1 aromatic heterocycles. The van der Waals surface area contributed by atoms with Gasteiger partial charge in [0.05, 0.1) is 11.5 Å². The van der Waals surface area contributed by atoms with Gasteiger partial charge >= 0.3 is 0 Å². The van der Waals surface area contributed by atoms with Gasteiger partial charge in [0, 0.05) is 44.2 Å². The highest BCUT2D eigenvalue weighted by atomic mass is 32.2. The molecule has 0 bridgehead atoms. The third-order valence-electron chi connectivity index (χ3n) is 3.53. The lowest BCUT2D eigenvalue weighted by Crippen LogP contribution is -2.35. The van der Waals surface area contributed by atoms with Crippen LogP contribution in [0.3, 0.4) is 0 Å². The summed E-state index contributed by atoms with van der Waals surface area (Å²) in [4.78, 5) is 0.319. The van der Waals surface area contributed by atoms with Crippen molar-refractivity contribution in [2.45, 2.75) is 56.8 Å². The third kappa shape index (κ3) is 4.54. The molecule has 1 atom stereocenters. The minimum atomic E-state index is -3.50. The standard InChI is InChI=1S/C14H25N3O3S/c1-4-17-9-14(7-13(17)8-15-12-5-6-12)21(18,19)16-11(2)10-20-3/h7,9,11-12,15-16H,4-6,8,10H2,1-3H3. The Bertz CT molecular complexity index is 564. The zero-order valence-electron chi connectivity index (χ0n) is 12.9. The fourth-order valence-corrected chi connectivity index (χ4v) is 3.56. The van der Waals surface area contributed by atoms with Crippen molar-refractivity contribution in [1.82, 2.24) is 14.6 Å². The molecule has 1 unspecified atom stereocenters. The van der Waals surface area contributed by atoms with Crippen LogP contribution >= 0.6 is 0 Å². The molecule has 1 aliphatic carbocycles. The zero-order chi connectivity index (χ0) is 15.5. The van der Waals surface area contributed by atoms with Crippen molar-refractivity contribution in [3.8, 4) is 0 Å². The first-order valence-electron chi connectivity index (χ1n) is 7.40. The molecule has 0 radical (unpaired) electrons. The van der Waals surface area contributed by atoms with Gasteiger partial charge < -0.3 is 14.6 Å². The maximum absolute atomic E-state index is 12.3. The summed E-state index contributed by atoms with van der Waals surface area (Å²) >= 11 is 0. The number of hydrogen-bond acceptors (Lipinski definition) is 4. The SMILES string of the molecule is CCn1cc(S(=O)(=O)NC(C)COC)cc1CNC1CC1. The average Bonchev–Trinajstić information content (AvgIpc) is 3.14. The number of sulfonamides is 1. The molecule has 0 amide bonds. The average molecular weight is 315 g/mol. The molecule has 0 aromatic carbocycles. The molecule has 0 saturated heterocycles. The van der Waals surface area contributed by atoms with Crippen molar-refractivity contribution >= 4 is 10.0 Å². The number of methoxy groups -OCH3 is 1. The number of nitrogens with one attached hydrogen (secondary N) is 2. The minimum Gasteiger partial charge on any atom is -0.383 e. The molecule has 1 heterocycles. The number of aryl methyl sites for hydroxylation is 1. The summed E-state index contributed by atoms with van der Waals surface area (Å²) in [5.41, 5.74) is 1.00. The Labute approximate surface area is 126 Å². The van der Waals surface area contributed by atoms with Gasteiger partial charge in [0.2, 0.25) is 10.0 Å². The van der Waals surface area contributed by atoms with E-state index < -0.39 is 10.0 Å². The number of nitrogens with zero attached hydrogens (tertiary/aromatic N) is 1. The summed E-state index contributed by atoms with van der Waals surface area (Å²) in [6, 6.07) is 2.10. The maximum atomic E-state index is 12.3. The van der Waals surface area contributed by atoms with Crippen molar-refractivity contribution in [3.63, 3.8) is 0 Å². The number of rotatable bonds is 9. The Morgan fingerprint density at radius 3 is 2.76 bits per heavy atom. The van der Waals surface area contributed by atoms with Gasteiger partial charge in [-0.15, -0.1) is 0 Å². The largest absolute Gasteiger partial charge is 0.383 e. The van der Waals surface area contributed by atoms with Crippen LogP contribution in [0.25, 0.3) is 0 Å². The molecular formula is C14H25N3O3S. The van der Waals surface area contributed by atoms with E-state index >= 15 is 0 Å². The van der Waals surface area contributed by atoms with Crippen molar-refractivity contribution in [2.75, 3.05) is 13.7 Å². The van der Waals surface area contributed by atoms with E-state index in [1.165, 1.54) is 12.8 Å². The highest BCUT2D eigenvalue weighted by Crippen LogP contribution is 2.20. The molecule has 7 heteroatoms. The molecule has 1 saturated carbocycles. The number of ether oxygens (including phenoxy) is 1. The molecule has 1 aromatic rings. The van der Waals surface area contributed by atoms with Crippen LogP contribution in [0.15, 0.2) is 17.2 Å². The lowest BCUT2D eigenvalue weighted by Gasteiger charge is -2.12. The van der Waals surface area contributed by atoms with Gasteiger partial charge in [0.25, 0.3) is 0 Å². The van der Waals surface area contributed by atoms with E-state index in [9.17, 15) is 8.42 Å². The van der Waals surface area contributed by atoms with Crippen LogP contribution in [0.1, 0.15) is 32.4 Å².